The summed E-state index contributed by atoms with van der Waals surface area (Å²) in [5.41, 5.74) is 4.46. The minimum absolute atomic E-state index is 0.184. The van der Waals surface area contributed by atoms with Gasteiger partial charge in [-0.2, -0.15) is 0 Å². The minimum Gasteiger partial charge on any atom is -0.355 e. The molecule has 8 nitrogen and oxygen atoms in total. The SMILES string of the molecule is CN(C)C1CCN(c2ccc(Nc3ncc4c(n3)C3(C=CC(C)(C)CC3)c3cnccc3-4)nn2)CC1. The van der Waals surface area contributed by atoms with Gasteiger partial charge in [0.05, 0.1) is 11.1 Å². The summed E-state index contributed by atoms with van der Waals surface area (Å²) in [6.07, 6.45) is 14.8. The van der Waals surface area contributed by atoms with Gasteiger partial charge in [0, 0.05) is 43.3 Å². The molecule has 0 radical (unpaired) electrons. The van der Waals surface area contributed by atoms with Gasteiger partial charge in [-0.15, -0.1) is 10.2 Å². The number of pyridine rings is 1. The molecule has 1 atom stereocenters. The average Bonchev–Trinajstić information content (AvgIpc) is 3.16. The molecule has 2 aliphatic carbocycles. The molecule has 0 saturated carbocycles. The molecule has 3 aliphatic rings. The Balaban J connectivity index is 1.25. The van der Waals surface area contributed by atoms with Crippen LogP contribution in [0.1, 0.15) is 50.8 Å². The third kappa shape index (κ3) is 3.93. The van der Waals surface area contributed by atoms with Crippen molar-refractivity contribution in [2.24, 2.45) is 5.41 Å². The number of nitrogens with zero attached hydrogens (tertiary/aromatic N) is 7. The lowest BCUT2D eigenvalue weighted by Gasteiger charge is -2.36. The fourth-order valence-electron chi connectivity index (χ4n) is 5.85. The van der Waals surface area contributed by atoms with Crippen LogP contribution in [0.5, 0.6) is 0 Å². The summed E-state index contributed by atoms with van der Waals surface area (Å²) >= 11 is 0. The van der Waals surface area contributed by atoms with Crippen LogP contribution in [0.25, 0.3) is 11.1 Å². The lowest BCUT2D eigenvalue weighted by Crippen LogP contribution is -2.42. The van der Waals surface area contributed by atoms with Gasteiger partial charge in [-0.3, -0.25) is 4.98 Å². The summed E-state index contributed by atoms with van der Waals surface area (Å²) in [5.74, 6) is 2.11. The molecule has 186 valence electrons. The molecule has 1 saturated heterocycles. The Labute approximate surface area is 212 Å². The van der Waals surface area contributed by atoms with Crippen molar-refractivity contribution in [1.82, 2.24) is 30.0 Å². The summed E-state index contributed by atoms with van der Waals surface area (Å²) < 4.78 is 0. The van der Waals surface area contributed by atoms with E-state index in [0.29, 0.717) is 17.8 Å². The molecule has 3 aromatic heterocycles. The summed E-state index contributed by atoms with van der Waals surface area (Å²) in [4.78, 5) is 18.8. The smallest absolute Gasteiger partial charge is 0.228 e. The predicted molar refractivity (Wildman–Crippen MR) is 142 cm³/mol. The number of anilines is 3. The molecule has 1 aliphatic heterocycles. The van der Waals surface area contributed by atoms with E-state index >= 15 is 0 Å². The first kappa shape index (κ1) is 23.0. The molecular formula is C28H34N8. The Bertz CT molecular complexity index is 1290. The Morgan fingerprint density at radius 3 is 2.50 bits per heavy atom. The first-order valence-electron chi connectivity index (χ1n) is 12.9. The van der Waals surface area contributed by atoms with Crippen molar-refractivity contribution in [2.75, 3.05) is 37.4 Å². The number of rotatable bonds is 4. The largest absolute Gasteiger partial charge is 0.355 e. The molecule has 0 bridgehead atoms. The molecular weight excluding hydrogens is 448 g/mol. The highest BCUT2D eigenvalue weighted by molar-refractivity contribution is 5.80. The number of allylic oxidation sites excluding steroid dienone is 2. The van der Waals surface area contributed by atoms with Gasteiger partial charge in [-0.1, -0.05) is 26.0 Å². The van der Waals surface area contributed by atoms with Crippen molar-refractivity contribution in [2.45, 2.75) is 51.0 Å². The zero-order chi connectivity index (χ0) is 24.9. The molecule has 0 aromatic carbocycles. The number of fused-ring (bicyclic) bond motifs is 5. The van der Waals surface area contributed by atoms with Crippen LogP contribution in [0, 0.1) is 5.41 Å². The van der Waals surface area contributed by atoms with Gasteiger partial charge in [0.25, 0.3) is 0 Å². The molecule has 8 heteroatoms. The average molecular weight is 483 g/mol. The third-order valence-corrected chi connectivity index (χ3v) is 8.20. The van der Waals surface area contributed by atoms with Gasteiger partial charge in [0.1, 0.15) is 0 Å². The van der Waals surface area contributed by atoms with Crippen molar-refractivity contribution in [3.05, 3.63) is 60.2 Å². The van der Waals surface area contributed by atoms with E-state index in [2.05, 4.69) is 81.4 Å². The van der Waals surface area contributed by atoms with Crippen LogP contribution in [0.2, 0.25) is 0 Å². The molecule has 1 N–H and O–H groups in total. The molecule has 3 aromatic rings. The van der Waals surface area contributed by atoms with Gasteiger partial charge in [-0.05, 0) is 74.5 Å². The van der Waals surface area contributed by atoms with E-state index in [1.807, 2.05) is 30.7 Å². The fourth-order valence-corrected chi connectivity index (χ4v) is 5.85. The van der Waals surface area contributed by atoms with E-state index in [0.717, 1.165) is 55.8 Å². The zero-order valence-corrected chi connectivity index (χ0v) is 21.6. The fraction of sp³-hybridized carbons (Fsp3) is 0.464. The van der Waals surface area contributed by atoms with E-state index in [4.69, 9.17) is 4.98 Å². The molecule has 4 heterocycles. The van der Waals surface area contributed by atoms with Gasteiger partial charge < -0.3 is 15.1 Å². The topological polar surface area (TPSA) is 83.0 Å². The monoisotopic (exact) mass is 482 g/mol. The first-order chi connectivity index (χ1) is 17.3. The van der Waals surface area contributed by atoms with Crippen molar-refractivity contribution >= 4 is 17.6 Å². The summed E-state index contributed by atoms with van der Waals surface area (Å²) in [5, 5.41) is 12.2. The van der Waals surface area contributed by atoms with Crippen LogP contribution in [0.4, 0.5) is 17.6 Å². The predicted octanol–water partition coefficient (Wildman–Crippen LogP) is 4.58. The van der Waals surface area contributed by atoms with E-state index in [1.54, 1.807) is 0 Å². The second-order valence-electron chi connectivity index (χ2n) is 11.3. The molecule has 1 unspecified atom stereocenters. The van der Waals surface area contributed by atoms with Crippen LogP contribution in [-0.2, 0) is 5.41 Å². The molecule has 1 spiro atoms. The van der Waals surface area contributed by atoms with Crippen LogP contribution in [0.3, 0.4) is 0 Å². The van der Waals surface area contributed by atoms with Crippen molar-refractivity contribution < 1.29 is 0 Å². The van der Waals surface area contributed by atoms with Crippen molar-refractivity contribution in [3.8, 4) is 11.1 Å². The van der Waals surface area contributed by atoms with E-state index < -0.39 is 0 Å². The highest BCUT2D eigenvalue weighted by atomic mass is 15.3. The summed E-state index contributed by atoms with van der Waals surface area (Å²) in [6, 6.07) is 6.73. The Morgan fingerprint density at radius 1 is 0.972 bits per heavy atom. The minimum atomic E-state index is -0.262. The standard InChI is InChI=1S/C28H34N8/c1-27(2)10-12-28(13-11-27)22-18-29-14-7-20(22)21-17-30-26(32-25(21)28)31-23-5-6-24(34-33-23)36-15-8-19(9-16-36)35(3)4/h5-7,10,12,14,17-19H,8-9,11,13,15-16H2,1-4H3,(H,30,31,32,33). The number of piperidine rings is 1. The van der Waals surface area contributed by atoms with Crippen LogP contribution in [-0.4, -0.2) is 63.3 Å². The Hall–Kier alpha value is -3.39. The van der Waals surface area contributed by atoms with E-state index in [1.165, 1.54) is 11.1 Å². The molecule has 6 rings (SSSR count). The van der Waals surface area contributed by atoms with Gasteiger partial charge >= 0.3 is 0 Å². The first-order valence-corrected chi connectivity index (χ1v) is 12.9. The summed E-state index contributed by atoms with van der Waals surface area (Å²) in [7, 11) is 4.31. The number of nitrogens with one attached hydrogen (secondary N) is 1. The van der Waals surface area contributed by atoms with Crippen LogP contribution >= 0.6 is 0 Å². The molecule has 36 heavy (non-hydrogen) atoms. The van der Waals surface area contributed by atoms with Gasteiger partial charge in [0.15, 0.2) is 11.6 Å². The van der Waals surface area contributed by atoms with Crippen molar-refractivity contribution in [1.29, 1.82) is 0 Å². The van der Waals surface area contributed by atoms with Gasteiger partial charge in [-0.25, -0.2) is 9.97 Å². The van der Waals surface area contributed by atoms with E-state index in [9.17, 15) is 0 Å². The maximum atomic E-state index is 5.04. The summed E-state index contributed by atoms with van der Waals surface area (Å²) in [6.45, 7) is 6.58. The third-order valence-electron chi connectivity index (χ3n) is 8.20. The maximum absolute atomic E-state index is 5.04. The number of hydrogen-bond acceptors (Lipinski definition) is 8. The normalized spacial score (nSPS) is 22.6. The Kier molecular flexibility index (Phi) is 5.52. The highest BCUT2D eigenvalue weighted by Gasteiger charge is 2.46. The van der Waals surface area contributed by atoms with Crippen molar-refractivity contribution in [3.63, 3.8) is 0 Å². The molecule has 0 amide bonds. The van der Waals surface area contributed by atoms with E-state index in [-0.39, 0.29) is 10.8 Å². The number of aromatic nitrogens is 5. The van der Waals surface area contributed by atoms with Crippen LogP contribution < -0.4 is 10.2 Å². The Morgan fingerprint density at radius 2 is 1.81 bits per heavy atom. The lowest BCUT2D eigenvalue weighted by atomic mass is 9.67. The molecule has 1 fully saturated rings. The quantitative estimate of drug-likeness (QED) is 0.541. The highest BCUT2D eigenvalue weighted by Crippen LogP contribution is 2.54. The van der Waals surface area contributed by atoms with Crippen LogP contribution in [0.15, 0.2) is 48.9 Å². The van der Waals surface area contributed by atoms with Gasteiger partial charge in [0.2, 0.25) is 5.95 Å². The maximum Gasteiger partial charge on any atom is 0.228 e. The zero-order valence-electron chi connectivity index (χ0n) is 21.6. The second kappa shape index (κ2) is 8.62. The number of hydrogen-bond donors (Lipinski definition) is 1. The lowest BCUT2D eigenvalue weighted by molar-refractivity contribution is 0.249. The second-order valence-corrected chi connectivity index (χ2v) is 11.3.